The lowest BCUT2D eigenvalue weighted by molar-refractivity contribution is 0.0735. The molecule has 0 unspecified atom stereocenters. The molecule has 0 aliphatic carbocycles. The van der Waals surface area contributed by atoms with Gasteiger partial charge in [-0.25, -0.2) is 4.79 Å². The predicted molar refractivity (Wildman–Crippen MR) is 71.7 cm³/mol. The molecule has 0 aliphatic rings. The quantitative estimate of drug-likeness (QED) is 0.495. The lowest BCUT2D eigenvalue weighted by Crippen LogP contribution is -2.08. The van der Waals surface area contributed by atoms with E-state index in [1.165, 1.54) is 6.07 Å². The maximum Gasteiger partial charge on any atom is 0.343 e. The number of hydrogen-bond acceptors (Lipinski definition) is 4. The Hall–Kier alpha value is -2.20. The maximum atomic E-state index is 11.8. The highest BCUT2D eigenvalue weighted by Crippen LogP contribution is 2.24. The minimum absolute atomic E-state index is 0.344. The van der Waals surface area contributed by atoms with Gasteiger partial charge in [0.05, 0.1) is 16.3 Å². The fraction of sp³-hybridized carbons (Fsp3) is 0. The van der Waals surface area contributed by atoms with Crippen molar-refractivity contribution >= 4 is 28.9 Å². The number of halogens is 1. The molecule has 2 aromatic carbocycles. The van der Waals surface area contributed by atoms with Crippen molar-refractivity contribution in [3.63, 3.8) is 0 Å². The summed E-state index contributed by atoms with van der Waals surface area (Å²) in [5.41, 5.74) is 12.5. The second-order valence-electron chi connectivity index (χ2n) is 3.69. The van der Waals surface area contributed by atoms with Crippen molar-refractivity contribution in [3.8, 4) is 5.75 Å². The van der Waals surface area contributed by atoms with E-state index in [1.807, 2.05) is 0 Å². The van der Waals surface area contributed by atoms with Crippen molar-refractivity contribution in [1.82, 2.24) is 0 Å². The van der Waals surface area contributed by atoms with Gasteiger partial charge in [-0.15, -0.1) is 0 Å². The van der Waals surface area contributed by atoms with Crippen LogP contribution in [0.3, 0.4) is 0 Å². The molecule has 0 saturated carbocycles. The molecule has 0 radical (unpaired) electrons. The number of nitrogens with two attached hydrogens (primary N) is 2. The van der Waals surface area contributed by atoms with Gasteiger partial charge in [0.15, 0.2) is 0 Å². The van der Waals surface area contributed by atoms with Crippen LogP contribution in [-0.4, -0.2) is 5.97 Å². The van der Waals surface area contributed by atoms with Crippen LogP contribution in [0.1, 0.15) is 10.4 Å². The zero-order valence-corrected chi connectivity index (χ0v) is 10.1. The minimum atomic E-state index is -0.476. The number of anilines is 2. The lowest BCUT2D eigenvalue weighted by Gasteiger charge is -2.06. The smallest absolute Gasteiger partial charge is 0.343 e. The Balaban J connectivity index is 2.16. The van der Waals surface area contributed by atoms with Crippen molar-refractivity contribution < 1.29 is 9.53 Å². The van der Waals surface area contributed by atoms with Crippen molar-refractivity contribution in [2.24, 2.45) is 0 Å². The minimum Gasteiger partial charge on any atom is -0.423 e. The molecule has 5 heteroatoms. The van der Waals surface area contributed by atoms with Gasteiger partial charge in [-0.3, -0.25) is 0 Å². The van der Waals surface area contributed by atoms with Gasteiger partial charge < -0.3 is 16.2 Å². The summed E-state index contributed by atoms with van der Waals surface area (Å²) in [5, 5.41) is 0.345. The summed E-state index contributed by atoms with van der Waals surface area (Å²) in [6.07, 6.45) is 0. The van der Waals surface area contributed by atoms with E-state index < -0.39 is 5.97 Å². The first-order chi connectivity index (χ1) is 8.56. The number of hydrogen-bond donors (Lipinski definition) is 2. The van der Waals surface area contributed by atoms with Gasteiger partial charge in [-0.1, -0.05) is 11.6 Å². The van der Waals surface area contributed by atoms with E-state index >= 15 is 0 Å². The topological polar surface area (TPSA) is 78.3 Å². The Kier molecular flexibility index (Phi) is 3.39. The van der Waals surface area contributed by atoms with Gasteiger partial charge in [0, 0.05) is 11.8 Å². The van der Waals surface area contributed by atoms with Gasteiger partial charge >= 0.3 is 5.97 Å². The van der Waals surface area contributed by atoms with Crippen molar-refractivity contribution in [2.45, 2.75) is 0 Å². The number of benzene rings is 2. The zero-order valence-electron chi connectivity index (χ0n) is 9.39. The molecule has 4 nitrogen and oxygen atoms in total. The van der Waals surface area contributed by atoms with Crippen molar-refractivity contribution in [2.75, 3.05) is 11.5 Å². The second kappa shape index (κ2) is 4.98. The fourth-order valence-corrected chi connectivity index (χ4v) is 1.53. The number of nitrogen functional groups attached to an aromatic ring is 2. The van der Waals surface area contributed by atoms with Gasteiger partial charge in [0.1, 0.15) is 5.75 Å². The van der Waals surface area contributed by atoms with Crippen molar-refractivity contribution in [3.05, 3.63) is 53.1 Å². The Bertz CT molecular complexity index is 582. The third-order valence-corrected chi connectivity index (χ3v) is 2.66. The Morgan fingerprint density at radius 2 is 1.72 bits per heavy atom. The van der Waals surface area contributed by atoms with Gasteiger partial charge in [-0.2, -0.15) is 0 Å². The molecule has 0 atom stereocenters. The number of carbonyl (C=O) groups is 1. The molecule has 92 valence electrons. The Morgan fingerprint density at radius 3 is 2.33 bits per heavy atom. The van der Waals surface area contributed by atoms with E-state index in [0.29, 0.717) is 27.7 Å². The molecule has 0 saturated heterocycles. The highest BCUT2D eigenvalue weighted by atomic mass is 35.5. The molecule has 2 aromatic rings. The first-order valence-electron chi connectivity index (χ1n) is 5.19. The molecule has 0 fully saturated rings. The zero-order chi connectivity index (χ0) is 13.1. The van der Waals surface area contributed by atoms with E-state index in [4.69, 9.17) is 27.8 Å². The van der Waals surface area contributed by atoms with E-state index in [1.54, 1.807) is 36.4 Å². The molecule has 2 rings (SSSR count). The van der Waals surface area contributed by atoms with Crippen LogP contribution in [-0.2, 0) is 0 Å². The molecular weight excluding hydrogens is 252 g/mol. The molecule has 4 N–H and O–H groups in total. The summed E-state index contributed by atoms with van der Waals surface area (Å²) in [5.74, 6) is -0.133. The summed E-state index contributed by atoms with van der Waals surface area (Å²) < 4.78 is 5.16. The van der Waals surface area contributed by atoms with Crippen LogP contribution in [0.25, 0.3) is 0 Å². The Morgan fingerprint density at radius 1 is 1.06 bits per heavy atom. The summed E-state index contributed by atoms with van der Waals surface area (Å²) in [4.78, 5) is 11.8. The van der Waals surface area contributed by atoms with E-state index in [-0.39, 0.29) is 0 Å². The fourth-order valence-electron chi connectivity index (χ4n) is 1.36. The third kappa shape index (κ3) is 2.73. The van der Waals surface area contributed by atoms with Crippen LogP contribution in [0, 0.1) is 0 Å². The molecule has 18 heavy (non-hydrogen) atoms. The number of esters is 1. The standard InChI is InChI=1S/C13H11ClN2O2/c14-11-7-10(5-6-12(11)16)18-13(17)8-1-3-9(15)4-2-8/h1-7H,15-16H2. The average molecular weight is 263 g/mol. The number of ether oxygens (including phenoxy) is 1. The maximum absolute atomic E-state index is 11.8. The van der Waals surface area contributed by atoms with Crippen LogP contribution >= 0.6 is 11.6 Å². The summed E-state index contributed by atoms with van der Waals surface area (Å²) in [6, 6.07) is 11.1. The Labute approximate surface area is 109 Å². The van der Waals surface area contributed by atoms with E-state index in [9.17, 15) is 4.79 Å². The first kappa shape index (κ1) is 12.3. The largest absolute Gasteiger partial charge is 0.423 e. The molecular formula is C13H11ClN2O2. The lowest BCUT2D eigenvalue weighted by atomic mass is 10.2. The SMILES string of the molecule is Nc1ccc(C(=O)Oc2ccc(N)c(Cl)c2)cc1. The monoisotopic (exact) mass is 262 g/mol. The van der Waals surface area contributed by atoms with Crippen LogP contribution in [0.2, 0.25) is 5.02 Å². The number of rotatable bonds is 2. The average Bonchev–Trinajstić information content (AvgIpc) is 2.34. The van der Waals surface area contributed by atoms with Crippen molar-refractivity contribution in [1.29, 1.82) is 0 Å². The van der Waals surface area contributed by atoms with E-state index in [2.05, 4.69) is 0 Å². The molecule has 0 spiro atoms. The predicted octanol–water partition coefficient (Wildman–Crippen LogP) is 2.72. The van der Waals surface area contributed by atoms with Gasteiger partial charge in [-0.05, 0) is 36.4 Å². The van der Waals surface area contributed by atoms with Crippen LogP contribution in [0.5, 0.6) is 5.75 Å². The molecule has 0 amide bonds. The first-order valence-corrected chi connectivity index (χ1v) is 5.57. The van der Waals surface area contributed by atoms with Crippen LogP contribution in [0.15, 0.2) is 42.5 Å². The third-order valence-electron chi connectivity index (χ3n) is 2.33. The highest BCUT2D eigenvalue weighted by molar-refractivity contribution is 6.33. The van der Waals surface area contributed by atoms with Crippen LogP contribution < -0.4 is 16.2 Å². The van der Waals surface area contributed by atoms with Crippen LogP contribution in [0.4, 0.5) is 11.4 Å². The molecule has 0 aromatic heterocycles. The van der Waals surface area contributed by atoms with Gasteiger partial charge in [0.25, 0.3) is 0 Å². The second-order valence-corrected chi connectivity index (χ2v) is 4.10. The summed E-state index contributed by atoms with van der Waals surface area (Å²) in [7, 11) is 0. The summed E-state index contributed by atoms with van der Waals surface area (Å²) in [6.45, 7) is 0. The molecule has 0 bridgehead atoms. The van der Waals surface area contributed by atoms with E-state index in [0.717, 1.165) is 0 Å². The summed E-state index contributed by atoms with van der Waals surface area (Å²) >= 11 is 5.83. The normalized spacial score (nSPS) is 10.1. The highest BCUT2D eigenvalue weighted by Gasteiger charge is 2.09. The number of carbonyl (C=O) groups excluding carboxylic acids is 1. The molecule has 0 heterocycles. The molecule has 0 aliphatic heterocycles. The van der Waals surface area contributed by atoms with Gasteiger partial charge in [0.2, 0.25) is 0 Å².